The van der Waals surface area contributed by atoms with Crippen LogP contribution < -0.4 is 5.32 Å². The minimum Gasteiger partial charge on any atom is -0.457 e. The third-order valence-electron chi connectivity index (χ3n) is 12.1. The molecule has 16 nitrogen and oxygen atoms in total. The lowest BCUT2D eigenvalue weighted by molar-refractivity contribution is -0.296. The summed E-state index contributed by atoms with van der Waals surface area (Å²) in [5, 5.41) is 15.2. The van der Waals surface area contributed by atoms with Gasteiger partial charge in [0.2, 0.25) is 0 Å². The van der Waals surface area contributed by atoms with E-state index in [-0.39, 0.29) is 25.2 Å². The summed E-state index contributed by atoms with van der Waals surface area (Å²) >= 11 is 0. The highest BCUT2D eigenvalue weighted by Crippen LogP contribution is 2.40. The van der Waals surface area contributed by atoms with E-state index in [1.165, 1.54) is 13.8 Å². The van der Waals surface area contributed by atoms with Crippen molar-refractivity contribution in [2.45, 2.75) is 122 Å². The maximum absolute atomic E-state index is 14.7. The van der Waals surface area contributed by atoms with Crippen LogP contribution in [0, 0.1) is 23.7 Å². The fourth-order valence-corrected chi connectivity index (χ4v) is 9.71. The van der Waals surface area contributed by atoms with Gasteiger partial charge in [-0.1, -0.05) is 58.0 Å². The predicted molar refractivity (Wildman–Crippen MR) is 216 cm³/mol. The summed E-state index contributed by atoms with van der Waals surface area (Å²) in [5.41, 5.74) is -1.60. The molecule has 0 spiro atoms. The number of hydrogen-bond acceptors (Lipinski definition) is 14. The number of aliphatic hydroxyl groups is 1. The molecule has 4 heterocycles. The van der Waals surface area contributed by atoms with Crippen molar-refractivity contribution in [2.75, 3.05) is 26.5 Å². The Bertz CT molecular complexity index is 2010. The van der Waals surface area contributed by atoms with Gasteiger partial charge in [-0.05, 0) is 71.8 Å². The zero-order chi connectivity index (χ0) is 43.6. The van der Waals surface area contributed by atoms with Gasteiger partial charge in [-0.15, -0.1) is 0 Å². The van der Waals surface area contributed by atoms with Gasteiger partial charge in [0.1, 0.15) is 23.9 Å². The van der Waals surface area contributed by atoms with E-state index in [1.807, 2.05) is 42.2 Å². The molecule has 0 radical (unpaired) electrons. The first-order valence-corrected chi connectivity index (χ1v) is 21.7. The SMILES string of the molecule is CC[C@H]1OC(=O)C(CS(=O)(=O)O)C(=O)[C@H](C)[C@@H](O[C@@H]2O[C@H](C)C[C@H](N(C)C)[C@H]2O)[C@@](C)(OC/C=C/c2cnc3ccccc3c2)C[C@@H](C)C(=O)[C@H](C)[C@H]2NC(=O)O[C@@]21C. The van der Waals surface area contributed by atoms with Crippen molar-refractivity contribution in [3.63, 3.8) is 0 Å². The summed E-state index contributed by atoms with van der Waals surface area (Å²) < 4.78 is 65.9. The molecular formula is C42H59N3O13S. The Morgan fingerprint density at radius 1 is 1.05 bits per heavy atom. The third kappa shape index (κ3) is 10.4. The van der Waals surface area contributed by atoms with E-state index in [1.54, 1.807) is 60.1 Å². The molecular weight excluding hydrogens is 787 g/mol. The molecule has 13 atom stereocenters. The number of aromatic nitrogens is 1. The Hall–Kier alpha value is -3.84. The summed E-state index contributed by atoms with van der Waals surface area (Å²) in [6, 6.07) is 8.17. The highest BCUT2D eigenvalue weighted by molar-refractivity contribution is 7.85. The van der Waals surface area contributed by atoms with Gasteiger partial charge in [-0.2, -0.15) is 8.42 Å². The van der Waals surface area contributed by atoms with Crippen LogP contribution in [0.2, 0.25) is 0 Å². The second-order valence-electron chi connectivity index (χ2n) is 16.9. The molecule has 2 aromatic rings. The normalized spacial score (nSPS) is 36.6. The van der Waals surface area contributed by atoms with Crippen LogP contribution in [0.1, 0.15) is 73.3 Å². The third-order valence-corrected chi connectivity index (χ3v) is 12.9. The molecule has 0 saturated carbocycles. The van der Waals surface area contributed by atoms with Crippen molar-refractivity contribution in [2.24, 2.45) is 23.7 Å². The number of hydrogen-bond donors (Lipinski definition) is 3. The van der Waals surface area contributed by atoms with Gasteiger partial charge in [0, 0.05) is 35.4 Å². The van der Waals surface area contributed by atoms with Gasteiger partial charge >= 0.3 is 12.1 Å². The number of para-hydroxylation sites is 1. The van der Waals surface area contributed by atoms with E-state index in [2.05, 4.69) is 10.3 Å². The fraction of sp³-hybridized carbons (Fsp3) is 0.643. The monoisotopic (exact) mass is 845 g/mol. The summed E-state index contributed by atoms with van der Waals surface area (Å²) in [6.45, 7) is 11.3. The molecule has 3 aliphatic heterocycles. The van der Waals surface area contributed by atoms with Gasteiger partial charge in [0.25, 0.3) is 10.1 Å². The van der Waals surface area contributed by atoms with Crippen LogP contribution in [0.25, 0.3) is 17.0 Å². The number of nitrogens with one attached hydrogen (secondary N) is 1. The number of ether oxygens (including phenoxy) is 5. The van der Waals surface area contributed by atoms with Crippen LogP contribution in [-0.2, 0) is 48.2 Å². The molecule has 59 heavy (non-hydrogen) atoms. The molecule has 3 aliphatic rings. The number of pyridine rings is 1. The number of ketones is 2. The zero-order valence-electron chi connectivity index (χ0n) is 35.2. The minimum atomic E-state index is -4.97. The molecule has 326 valence electrons. The highest BCUT2D eigenvalue weighted by atomic mass is 32.2. The number of fused-ring (bicyclic) bond motifs is 2. The average Bonchev–Trinajstić information content (AvgIpc) is 3.49. The number of cyclic esters (lactones) is 1. The largest absolute Gasteiger partial charge is 0.457 e. The molecule has 1 aromatic carbocycles. The minimum absolute atomic E-state index is 0.0507. The van der Waals surface area contributed by atoms with Crippen molar-refractivity contribution in [1.29, 1.82) is 0 Å². The Labute approximate surface area is 346 Å². The maximum atomic E-state index is 14.7. The number of benzene rings is 1. The smallest absolute Gasteiger partial charge is 0.408 e. The Kier molecular flexibility index (Phi) is 14.4. The topological polar surface area (TPSA) is 217 Å². The number of alkyl carbamates (subject to hydrolysis) is 1. The summed E-state index contributed by atoms with van der Waals surface area (Å²) in [5.74, 6) is -9.06. The van der Waals surface area contributed by atoms with Gasteiger partial charge in [-0.25, -0.2) is 4.79 Å². The van der Waals surface area contributed by atoms with E-state index in [4.69, 9.17) is 23.7 Å². The predicted octanol–water partition coefficient (Wildman–Crippen LogP) is 3.98. The number of nitrogens with zero attached hydrogens (tertiary/aromatic N) is 2. The lowest BCUT2D eigenvalue weighted by atomic mass is 9.73. The molecule has 1 unspecified atom stereocenters. The van der Waals surface area contributed by atoms with Crippen molar-refractivity contribution in [3.8, 4) is 0 Å². The second kappa shape index (κ2) is 18.4. The lowest BCUT2D eigenvalue weighted by Gasteiger charge is -2.47. The van der Waals surface area contributed by atoms with E-state index in [0.29, 0.717) is 6.42 Å². The summed E-state index contributed by atoms with van der Waals surface area (Å²) in [6.07, 6.45) is -0.783. The summed E-state index contributed by atoms with van der Waals surface area (Å²) in [7, 11) is -1.37. The molecule has 0 bridgehead atoms. The standard InChI is InChI=1S/C42H59N3O13S/c1-10-32-42(7)36(44-40(50)58-42)25(4)33(46)23(2)20-41(6,54-17-13-14-27-19-28-15-11-12-16-30(28)43-21-27)37(57-39-35(48)31(45(8)9)18-24(3)55-39)26(5)34(47)29(38(49)56-32)22-59(51,52)53/h11-16,19,21,23-26,29,31-32,35-37,39,48H,10,17-18,20,22H2,1-9H3,(H,44,50)(H,51,52,53)/b14-13+/t23-,24-,25+,26+,29?,31+,32-,35-,36-,37-,39+,41+,42-/m1/s1. The molecule has 3 fully saturated rings. The van der Waals surface area contributed by atoms with Crippen LogP contribution in [0.5, 0.6) is 0 Å². The first-order chi connectivity index (χ1) is 27.6. The number of carbonyl (C=O) groups excluding carboxylic acids is 4. The van der Waals surface area contributed by atoms with E-state index in [0.717, 1.165) is 16.5 Å². The second-order valence-corrected chi connectivity index (χ2v) is 18.4. The van der Waals surface area contributed by atoms with Crippen LogP contribution in [0.3, 0.4) is 0 Å². The van der Waals surface area contributed by atoms with Gasteiger partial charge < -0.3 is 39.0 Å². The fourth-order valence-electron chi connectivity index (χ4n) is 8.99. The van der Waals surface area contributed by atoms with Crippen LogP contribution in [0.15, 0.2) is 42.6 Å². The Morgan fingerprint density at radius 2 is 1.75 bits per heavy atom. The van der Waals surface area contributed by atoms with Crippen molar-refractivity contribution >= 4 is 50.7 Å². The lowest BCUT2D eigenvalue weighted by Crippen LogP contribution is -2.60. The van der Waals surface area contributed by atoms with E-state index < -0.39 is 111 Å². The number of likely N-dealkylation sites (N-methyl/N-ethyl adjacent to an activating group) is 1. The van der Waals surface area contributed by atoms with Crippen molar-refractivity contribution in [1.82, 2.24) is 15.2 Å². The van der Waals surface area contributed by atoms with Crippen molar-refractivity contribution in [3.05, 3.63) is 48.2 Å². The molecule has 1 amide bonds. The van der Waals surface area contributed by atoms with E-state index >= 15 is 0 Å². The first kappa shape index (κ1) is 46.2. The van der Waals surface area contributed by atoms with Crippen LogP contribution in [0.4, 0.5) is 4.79 Å². The van der Waals surface area contributed by atoms with Crippen molar-refractivity contribution < 1.29 is 60.9 Å². The maximum Gasteiger partial charge on any atom is 0.408 e. The van der Waals surface area contributed by atoms with Crippen LogP contribution in [-0.4, -0.2) is 132 Å². The summed E-state index contributed by atoms with van der Waals surface area (Å²) in [4.78, 5) is 62.4. The van der Waals surface area contributed by atoms with E-state index in [9.17, 15) is 37.3 Å². The zero-order valence-corrected chi connectivity index (χ0v) is 36.0. The molecule has 5 rings (SSSR count). The van der Waals surface area contributed by atoms with Gasteiger partial charge in [0.05, 0.1) is 41.7 Å². The Balaban J connectivity index is 1.62. The number of rotatable bonds is 10. The van der Waals surface area contributed by atoms with Crippen LogP contribution >= 0.6 is 0 Å². The number of esters is 1. The van der Waals surface area contributed by atoms with Gasteiger partial charge in [0.15, 0.2) is 17.7 Å². The molecule has 3 N–H and O–H groups in total. The number of aliphatic hydroxyl groups excluding tert-OH is 1. The average molecular weight is 846 g/mol. The molecule has 0 aliphatic carbocycles. The number of carbonyl (C=O) groups is 4. The number of Topliss-reactive ketones (excluding diaryl/α,β-unsaturated/α-hetero) is 2. The number of amides is 1. The molecule has 3 saturated heterocycles. The molecule has 17 heteroatoms. The van der Waals surface area contributed by atoms with Gasteiger partial charge in [-0.3, -0.25) is 23.9 Å². The molecule has 1 aromatic heterocycles. The first-order valence-electron chi connectivity index (χ1n) is 20.1. The Morgan fingerprint density at radius 3 is 2.41 bits per heavy atom. The highest BCUT2D eigenvalue weighted by Gasteiger charge is 2.58. The quantitative estimate of drug-likeness (QED) is 0.175.